The summed E-state index contributed by atoms with van der Waals surface area (Å²) in [7, 11) is 1.99. The van der Waals surface area contributed by atoms with Crippen LogP contribution in [0.4, 0.5) is 5.69 Å². The molecule has 1 aliphatic heterocycles. The van der Waals surface area contributed by atoms with Crippen molar-refractivity contribution in [3.8, 4) is 0 Å². The van der Waals surface area contributed by atoms with Crippen LogP contribution >= 0.6 is 23.1 Å². The largest absolute Gasteiger partial charge is 0.337 e. The van der Waals surface area contributed by atoms with Crippen molar-refractivity contribution < 1.29 is 4.79 Å². The molecule has 0 atom stereocenters. The average Bonchev–Trinajstić information content (AvgIpc) is 3.35. The Balaban J connectivity index is 1.77. The van der Waals surface area contributed by atoms with Crippen LogP contribution in [0.3, 0.4) is 0 Å². The second-order valence-corrected chi connectivity index (χ2v) is 9.55. The fourth-order valence-corrected chi connectivity index (χ4v) is 6.63. The average molecular weight is 433 g/mol. The van der Waals surface area contributed by atoms with Crippen LogP contribution in [0.5, 0.6) is 0 Å². The summed E-state index contributed by atoms with van der Waals surface area (Å²) in [6.45, 7) is 6.26. The summed E-state index contributed by atoms with van der Waals surface area (Å²) in [5.41, 5.74) is 4.69. The Hall–Kier alpha value is -2.83. The lowest BCUT2D eigenvalue weighted by atomic mass is 10.1. The summed E-state index contributed by atoms with van der Waals surface area (Å²) < 4.78 is 3.11. The van der Waals surface area contributed by atoms with Crippen LogP contribution in [-0.4, -0.2) is 17.4 Å². The fraction of sp³-hybridized carbons (Fsp3) is 0.167. The van der Waals surface area contributed by atoms with Gasteiger partial charge in [-0.05, 0) is 30.2 Å². The third kappa shape index (κ3) is 2.82. The highest BCUT2D eigenvalue weighted by Gasteiger charge is 2.28. The van der Waals surface area contributed by atoms with Gasteiger partial charge in [-0.3, -0.25) is 14.2 Å². The van der Waals surface area contributed by atoms with Gasteiger partial charge >= 0.3 is 0 Å². The topological polar surface area (TPSA) is 42.3 Å². The van der Waals surface area contributed by atoms with E-state index in [1.165, 1.54) is 16.9 Å². The van der Waals surface area contributed by atoms with Gasteiger partial charge in [-0.2, -0.15) is 0 Å². The minimum absolute atomic E-state index is 0.0209. The number of hydrogen-bond donors (Lipinski definition) is 0. The molecule has 0 N–H and O–H groups in total. The highest BCUT2D eigenvalue weighted by Crippen LogP contribution is 2.45. The smallest absolute Gasteiger partial charge is 0.272 e. The molecular weight excluding hydrogens is 412 g/mol. The Morgan fingerprint density at radius 2 is 1.97 bits per heavy atom. The molecule has 0 saturated heterocycles. The molecule has 0 fully saturated rings. The third-order valence-corrected chi connectivity index (χ3v) is 8.12. The van der Waals surface area contributed by atoms with E-state index in [9.17, 15) is 9.59 Å². The van der Waals surface area contributed by atoms with Crippen LogP contribution in [-0.2, 0) is 13.0 Å². The zero-order chi connectivity index (χ0) is 21.0. The molecule has 6 heteroatoms. The highest BCUT2D eigenvalue weighted by atomic mass is 32.2. The molecule has 0 spiro atoms. The van der Waals surface area contributed by atoms with Crippen molar-refractivity contribution >= 4 is 45.2 Å². The molecule has 1 aromatic heterocycles. The van der Waals surface area contributed by atoms with E-state index in [0.717, 1.165) is 31.4 Å². The predicted molar refractivity (Wildman–Crippen MR) is 125 cm³/mol. The number of carbonyl (C=O) groups excluding carboxylic acids is 1. The van der Waals surface area contributed by atoms with Gasteiger partial charge in [0.05, 0.1) is 5.69 Å². The first-order valence-electron chi connectivity index (χ1n) is 9.72. The molecule has 0 amide bonds. The molecule has 0 bridgehead atoms. The quantitative estimate of drug-likeness (QED) is 0.583. The Morgan fingerprint density at radius 3 is 2.73 bits per heavy atom. The molecule has 3 aromatic rings. The molecule has 4 nitrogen and oxygen atoms in total. The maximum atomic E-state index is 13.4. The van der Waals surface area contributed by atoms with Crippen molar-refractivity contribution in [3.05, 3.63) is 91.4 Å². The van der Waals surface area contributed by atoms with E-state index in [2.05, 4.69) is 36.6 Å². The lowest BCUT2D eigenvalue weighted by Crippen LogP contribution is -2.34. The summed E-state index contributed by atoms with van der Waals surface area (Å²) in [5.74, 6) is 0.0209. The lowest BCUT2D eigenvalue weighted by Gasteiger charge is -2.12. The van der Waals surface area contributed by atoms with E-state index >= 15 is 0 Å². The van der Waals surface area contributed by atoms with Crippen LogP contribution in [0.1, 0.15) is 21.5 Å². The monoisotopic (exact) mass is 432 g/mol. The molecule has 2 aliphatic rings. The standard InChI is InChI=1S/C24H20N2O2S2/c1-4-11-26-22(28)21(24-25(3)18-10-9-14(2)12-19(18)29-24)30-23(26)17-13-15-7-5-6-8-16(15)20(17)27/h4-10,12H,1,11,13H2,2-3H3/b23-17-,24-21+. The van der Waals surface area contributed by atoms with E-state index in [1.54, 1.807) is 22.4 Å². The van der Waals surface area contributed by atoms with Crippen LogP contribution in [0, 0.1) is 6.92 Å². The third-order valence-electron chi connectivity index (χ3n) is 5.54. The normalized spacial score (nSPS) is 18.6. The van der Waals surface area contributed by atoms with Crippen LogP contribution in [0.2, 0.25) is 0 Å². The number of fused-ring (bicyclic) bond motifs is 2. The van der Waals surface area contributed by atoms with Crippen molar-refractivity contribution in [1.29, 1.82) is 0 Å². The molecule has 30 heavy (non-hydrogen) atoms. The van der Waals surface area contributed by atoms with Crippen LogP contribution in [0.25, 0.3) is 10.6 Å². The van der Waals surface area contributed by atoms with E-state index in [1.807, 2.05) is 31.3 Å². The maximum Gasteiger partial charge on any atom is 0.272 e. The molecule has 2 aromatic carbocycles. The minimum Gasteiger partial charge on any atom is -0.337 e. The van der Waals surface area contributed by atoms with Gasteiger partial charge in [-0.25, -0.2) is 0 Å². The number of aromatic nitrogens is 1. The number of benzene rings is 2. The second-order valence-electron chi connectivity index (χ2n) is 7.52. The van der Waals surface area contributed by atoms with Gasteiger partial charge in [0.15, 0.2) is 5.78 Å². The number of carbonyl (C=O) groups is 1. The van der Waals surface area contributed by atoms with E-state index < -0.39 is 0 Å². The summed E-state index contributed by atoms with van der Waals surface area (Å²) in [6, 6.07) is 14.0. The highest BCUT2D eigenvalue weighted by molar-refractivity contribution is 8.08. The molecule has 0 saturated carbocycles. The molecule has 150 valence electrons. The zero-order valence-corrected chi connectivity index (χ0v) is 18.4. The molecule has 1 aliphatic carbocycles. The molecule has 0 radical (unpaired) electrons. The van der Waals surface area contributed by atoms with Crippen LogP contribution in [0.15, 0.2) is 64.8 Å². The summed E-state index contributed by atoms with van der Waals surface area (Å²) in [6.07, 6.45) is 2.27. The number of hydrogen-bond acceptors (Lipinski definition) is 5. The first-order chi connectivity index (χ1) is 14.5. The van der Waals surface area contributed by atoms with E-state index in [-0.39, 0.29) is 11.3 Å². The number of thiazole rings is 1. The number of rotatable bonds is 2. The van der Waals surface area contributed by atoms with Crippen molar-refractivity contribution in [2.75, 3.05) is 11.9 Å². The Morgan fingerprint density at radius 1 is 1.17 bits per heavy atom. The number of allylic oxidation sites excluding steroid dienone is 1. The molecule has 2 heterocycles. The number of nitrogens with zero attached hydrogens (tertiary/aromatic N) is 2. The molecule has 5 rings (SSSR count). The Labute approximate surface area is 182 Å². The summed E-state index contributed by atoms with van der Waals surface area (Å²) in [4.78, 5) is 29.7. The van der Waals surface area contributed by atoms with Gasteiger partial charge < -0.3 is 4.90 Å². The van der Waals surface area contributed by atoms with Crippen molar-refractivity contribution in [2.24, 2.45) is 0 Å². The summed E-state index contributed by atoms with van der Waals surface area (Å²) >= 11 is 3.03. The zero-order valence-electron chi connectivity index (χ0n) is 16.8. The number of aryl methyl sites for hydroxylation is 1. The number of Topliss-reactive ketones (excluding diaryl/α,β-unsaturated/α-hetero) is 1. The van der Waals surface area contributed by atoms with Gasteiger partial charge in [0.1, 0.15) is 14.2 Å². The predicted octanol–water partition coefficient (Wildman–Crippen LogP) is 3.30. The van der Waals surface area contributed by atoms with Crippen LogP contribution < -0.4 is 19.7 Å². The number of ketones is 1. The summed E-state index contributed by atoms with van der Waals surface area (Å²) in [5, 5.41) is 0.915. The Bertz CT molecular complexity index is 1410. The van der Waals surface area contributed by atoms with Crippen molar-refractivity contribution in [2.45, 2.75) is 24.8 Å². The molecule has 0 unspecified atom stereocenters. The van der Waals surface area contributed by atoms with E-state index in [4.69, 9.17) is 0 Å². The SMILES string of the molecule is C=CCn1c(=O)/c(=C2\Sc3cc(C)ccc3N2C)s/c1=C1/Cc2ccccc2C1=O. The minimum atomic E-state index is -0.0648. The van der Waals surface area contributed by atoms with Gasteiger partial charge in [-0.15, -0.1) is 17.9 Å². The van der Waals surface area contributed by atoms with Crippen molar-refractivity contribution in [3.63, 3.8) is 0 Å². The fourth-order valence-electron chi connectivity index (χ4n) is 4.03. The number of anilines is 1. The maximum absolute atomic E-state index is 13.4. The molecular formula is C24H20N2O2S2. The van der Waals surface area contributed by atoms with Gasteiger partial charge in [-0.1, -0.05) is 48.2 Å². The lowest BCUT2D eigenvalue weighted by molar-refractivity contribution is 0.105. The van der Waals surface area contributed by atoms with Gasteiger partial charge in [0, 0.05) is 36.0 Å². The second kappa shape index (κ2) is 7.15. The first-order valence-corrected chi connectivity index (χ1v) is 11.4. The number of thioether (sulfide) groups is 1. The van der Waals surface area contributed by atoms with Crippen molar-refractivity contribution in [1.82, 2.24) is 4.57 Å². The Kier molecular flexibility index (Phi) is 4.56. The van der Waals surface area contributed by atoms with Gasteiger partial charge in [0.2, 0.25) is 0 Å². The first kappa shape index (κ1) is 19.2. The van der Waals surface area contributed by atoms with E-state index in [0.29, 0.717) is 23.1 Å². The van der Waals surface area contributed by atoms with Gasteiger partial charge in [0.25, 0.3) is 5.56 Å².